The van der Waals surface area contributed by atoms with Gasteiger partial charge in [-0.15, -0.1) is 0 Å². The Labute approximate surface area is 90.9 Å². The van der Waals surface area contributed by atoms with Crippen LogP contribution in [0.25, 0.3) is 0 Å². The Morgan fingerprint density at radius 3 is 1.86 bits per heavy atom. The predicted octanol–water partition coefficient (Wildman–Crippen LogP) is 4.07. The van der Waals surface area contributed by atoms with Crippen LogP contribution < -0.4 is 0 Å². The number of rotatable bonds is 6. The second-order valence-corrected chi connectivity index (χ2v) is 5.32. The van der Waals surface area contributed by atoms with E-state index >= 15 is 0 Å². The van der Waals surface area contributed by atoms with E-state index in [1.807, 2.05) is 0 Å². The fraction of sp³-hybridized carbons (Fsp3) is 1.00. The highest BCUT2D eigenvalue weighted by molar-refractivity contribution is 4.86. The van der Waals surface area contributed by atoms with E-state index in [2.05, 4.69) is 53.4 Å². The molecular formula is C13H29N. The van der Waals surface area contributed by atoms with Crippen molar-refractivity contribution in [1.82, 2.24) is 4.90 Å². The fourth-order valence-electron chi connectivity index (χ4n) is 2.74. The molecule has 0 aliphatic carbocycles. The van der Waals surface area contributed by atoms with Crippen molar-refractivity contribution in [2.45, 2.75) is 85.4 Å². The zero-order valence-electron chi connectivity index (χ0n) is 11.2. The molecule has 0 spiro atoms. The molecule has 1 unspecified atom stereocenters. The molecule has 1 nitrogen and oxygen atoms in total. The lowest BCUT2D eigenvalue weighted by molar-refractivity contribution is 0.0351. The molecule has 0 aliphatic heterocycles. The molecule has 0 bridgehead atoms. The Morgan fingerprint density at radius 2 is 1.57 bits per heavy atom. The van der Waals surface area contributed by atoms with E-state index in [1.165, 1.54) is 19.3 Å². The monoisotopic (exact) mass is 199 g/mol. The highest BCUT2D eigenvalue weighted by atomic mass is 15.2. The summed E-state index contributed by atoms with van der Waals surface area (Å²) in [4.78, 5) is 2.66. The van der Waals surface area contributed by atoms with Gasteiger partial charge in [0.25, 0.3) is 0 Å². The molecule has 0 saturated carbocycles. The SMILES string of the molecule is CCCC(C)(C)N(C(C)C)C(C)CC. The van der Waals surface area contributed by atoms with Crippen molar-refractivity contribution in [3.63, 3.8) is 0 Å². The lowest BCUT2D eigenvalue weighted by atomic mass is 9.92. The molecule has 86 valence electrons. The molecule has 0 aromatic heterocycles. The number of hydrogen-bond donors (Lipinski definition) is 0. The third-order valence-electron chi connectivity index (χ3n) is 3.18. The molecule has 0 rings (SSSR count). The third kappa shape index (κ3) is 3.61. The predicted molar refractivity (Wildman–Crippen MR) is 65.7 cm³/mol. The lowest BCUT2D eigenvalue weighted by Gasteiger charge is -2.45. The molecule has 0 amide bonds. The van der Waals surface area contributed by atoms with E-state index in [1.54, 1.807) is 0 Å². The van der Waals surface area contributed by atoms with Crippen molar-refractivity contribution in [2.75, 3.05) is 0 Å². The van der Waals surface area contributed by atoms with Crippen LogP contribution in [-0.4, -0.2) is 22.5 Å². The van der Waals surface area contributed by atoms with Crippen LogP contribution in [-0.2, 0) is 0 Å². The summed E-state index contributed by atoms with van der Waals surface area (Å²) in [6, 6.07) is 1.34. The van der Waals surface area contributed by atoms with Gasteiger partial charge in [-0.05, 0) is 47.5 Å². The smallest absolute Gasteiger partial charge is 0.0158 e. The molecular weight excluding hydrogens is 170 g/mol. The molecule has 0 aliphatic rings. The summed E-state index contributed by atoms with van der Waals surface area (Å²) < 4.78 is 0. The van der Waals surface area contributed by atoms with E-state index in [0.29, 0.717) is 17.6 Å². The van der Waals surface area contributed by atoms with E-state index in [0.717, 1.165) is 0 Å². The summed E-state index contributed by atoms with van der Waals surface area (Å²) in [5.41, 5.74) is 0.346. The topological polar surface area (TPSA) is 3.24 Å². The van der Waals surface area contributed by atoms with Crippen molar-refractivity contribution >= 4 is 0 Å². The first kappa shape index (κ1) is 14.0. The van der Waals surface area contributed by atoms with E-state index in [4.69, 9.17) is 0 Å². The first-order chi connectivity index (χ1) is 6.36. The maximum Gasteiger partial charge on any atom is 0.0158 e. The highest BCUT2D eigenvalue weighted by Gasteiger charge is 2.30. The Bertz CT molecular complexity index is 149. The van der Waals surface area contributed by atoms with Crippen LogP contribution in [0.2, 0.25) is 0 Å². The molecule has 0 N–H and O–H groups in total. The normalized spacial score (nSPS) is 15.2. The summed E-state index contributed by atoms with van der Waals surface area (Å²) in [6.07, 6.45) is 3.80. The molecule has 0 aromatic rings. The average molecular weight is 199 g/mol. The van der Waals surface area contributed by atoms with Gasteiger partial charge in [0.1, 0.15) is 0 Å². The zero-order chi connectivity index (χ0) is 11.4. The van der Waals surface area contributed by atoms with Gasteiger partial charge >= 0.3 is 0 Å². The maximum absolute atomic E-state index is 2.66. The van der Waals surface area contributed by atoms with Crippen molar-refractivity contribution in [1.29, 1.82) is 0 Å². The summed E-state index contributed by atoms with van der Waals surface area (Å²) in [7, 11) is 0. The van der Waals surface area contributed by atoms with E-state index in [-0.39, 0.29) is 0 Å². The number of nitrogens with zero attached hydrogens (tertiary/aromatic N) is 1. The van der Waals surface area contributed by atoms with Crippen LogP contribution in [0.3, 0.4) is 0 Å². The van der Waals surface area contributed by atoms with Gasteiger partial charge < -0.3 is 0 Å². The lowest BCUT2D eigenvalue weighted by Crippen LogP contribution is -2.52. The van der Waals surface area contributed by atoms with Gasteiger partial charge in [0, 0.05) is 17.6 Å². The van der Waals surface area contributed by atoms with Crippen LogP contribution in [0.15, 0.2) is 0 Å². The minimum Gasteiger partial charge on any atom is -0.293 e. The van der Waals surface area contributed by atoms with E-state index in [9.17, 15) is 0 Å². The fourth-order valence-corrected chi connectivity index (χ4v) is 2.74. The number of hydrogen-bond acceptors (Lipinski definition) is 1. The molecule has 1 atom stereocenters. The first-order valence-corrected chi connectivity index (χ1v) is 6.15. The highest BCUT2D eigenvalue weighted by Crippen LogP contribution is 2.26. The maximum atomic E-state index is 2.66. The minimum absolute atomic E-state index is 0.346. The summed E-state index contributed by atoms with van der Waals surface area (Å²) in [6.45, 7) is 16.3. The molecule has 0 heterocycles. The minimum atomic E-state index is 0.346. The first-order valence-electron chi connectivity index (χ1n) is 6.15. The van der Waals surface area contributed by atoms with Gasteiger partial charge in [-0.1, -0.05) is 20.3 Å². The van der Waals surface area contributed by atoms with Crippen molar-refractivity contribution in [3.05, 3.63) is 0 Å². The molecule has 1 heteroatoms. The van der Waals surface area contributed by atoms with Crippen LogP contribution >= 0.6 is 0 Å². The molecule has 0 saturated heterocycles. The van der Waals surface area contributed by atoms with Crippen molar-refractivity contribution in [3.8, 4) is 0 Å². The quantitative estimate of drug-likeness (QED) is 0.623. The van der Waals surface area contributed by atoms with E-state index < -0.39 is 0 Å². The largest absolute Gasteiger partial charge is 0.293 e. The molecule has 14 heavy (non-hydrogen) atoms. The van der Waals surface area contributed by atoms with Gasteiger partial charge in [0.05, 0.1) is 0 Å². The second kappa shape index (κ2) is 5.75. The summed E-state index contributed by atoms with van der Waals surface area (Å²) in [5.74, 6) is 0. The van der Waals surface area contributed by atoms with Gasteiger partial charge in [0.2, 0.25) is 0 Å². The zero-order valence-corrected chi connectivity index (χ0v) is 11.2. The average Bonchev–Trinajstić information content (AvgIpc) is 2.02. The molecule has 0 aromatic carbocycles. The Balaban J connectivity index is 4.62. The second-order valence-electron chi connectivity index (χ2n) is 5.32. The molecule has 0 fully saturated rings. The van der Waals surface area contributed by atoms with Crippen LogP contribution in [0.5, 0.6) is 0 Å². The van der Waals surface area contributed by atoms with Crippen LogP contribution in [0.1, 0.15) is 67.7 Å². The van der Waals surface area contributed by atoms with Crippen LogP contribution in [0, 0.1) is 0 Å². The van der Waals surface area contributed by atoms with Gasteiger partial charge in [-0.25, -0.2) is 0 Å². The Hall–Kier alpha value is -0.0400. The standard InChI is InChI=1S/C13H29N/c1-8-10-13(6,7)14(11(3)4)12(5)9-2/h11-12H,8-10H2,1-7H3. The van der Waals surface area contributed by atoms with Gasteiger partial charge in [-0.2, -0.15) is 0 Å². The Morgan fingerprint density at radius 1 is 1.07 bits per heavy atom. The third-order valence-corrected chi connectivity index (χ3v) is 3.18. The summed E-state index contributed by atoms with van der Waals surface area (Å²) >= 11 is 0. The van der Waals surface area contributed by atoms with Gasteiger partial charge in [0.15, 0.2) is 0 Å². The van der Waals surface area contributed by atoms with Gasteiger partial charge in [-0.3, -0.25) is 4.90 Å². The summed E-state index contributed by atoms with van der Waals surface area (Å²) in [5, 5.41) is 0. The van der Waals surface area contributed by atoms with Crippen LogP contribution in [0.4, 0.5) is 0 Å². The van der Waals surface area contributed by atoms with Crippen molar-refractivity contribution in [2.24, 2.45) is 0 Å². The van der Waals surface area contributed by atoms with Crippen molar-refractivity contribution < 1.29 is 0 Å². The molecule has 0 radical (unpaired) electrons. The Kier molecular flexibility index (Phi) is 5.73.